The number of hydrogen-bond donors (Lipinski definition) is 2. The third-order valence-electron chi connectivity index (χ3n) is 4.28. The first kappa shape index (κ1) is 18.7. The molecule has 0 bridgehead atoms. The van der Waals surface area contributed by atoms with Crippen LogP contribution < -0.4 is 5.32 Å². The smallest absolute Gasteiger partial charge is 0.248 e. The first-order valence-electron chi connectivity index (χ1n) is 8.94. The Morgan fingerprint density at radius 3 is 2.33 bits per heavy atom. The minimum absolute atomic E-state index is 0.124. The van der Waals surface area contributed by atoms with Gasteiger partial charge in [-0.3, -0.25) is 4.79 Å². The lowest BCUT2D eigenvalue weighted by Crippen LogP contribution is -2.07. The third-order valence-corrected chi connectivity index (χ3v) is 4.28. The molecule has 138 valence electrons. The maximum atomic E-state index is 12.1. The zero-order chi connectivity index (χ0) is 19.2. The molecule has 0 aliphatic heterocycles. The Morgan fingerprint density at radius 1 is 1.04 bits per heavy atom. The highest BCUT2D eigenvalue weighted by molar-refractivity contribution is 6.02. The Bertz CT molecular complexity index is 919. The summed E-state index contributed by atoms with van der Waals surface area (Å²) in [6.07, 6.45) is 3.32. The van der Waals surface area contributed by atoms with Gasteiger partial charge in [-0.15, -0.1) is 0 Å². The monoisotopic (exact) mass is 361 g/mol. The van der Waals surface area contributed by atoms with Crippen LogP contribution in [0.2, 0.25) is 0 Å². The number of aliphatic hydroxyl groups excluding tert-OH is 1. The number of rotatable bonds is 6. The second-order valence-corrected chi connectivity index (χ2v) is 6.65. The molecule has 0 atom stereocenters. The van der Waals surface area contributed by atoms with Crippen molar-refractivity contribution in [3.05, 3.63) is 83.6 Å². The van der Waals surface area contributed by atoms with E-state index in [4.69, 9.17) is 9.52 Å². The van der Waals surface area contributed by atoms with Gasteiger partial charge in [0.15, 0.2) is 0 Å². The lowest BCUT2D eigenvalue weighted by Gasteiger charge is -2.05. The number of carbonyl (C=O) groups excluding carboxylic acids is 1. The predicted molar refractivity (Wildman–Crippen MR) is 108 cm³/mol. The largest absolute Gasteiger partial charge is 0.459 e. The van der Waals surface area contributed by atoms with Gasteiger partial charge in [0.2, 0.25) is 5.91 Å². The molecule has 1 heterocycles. The maximum absolute atomic E-state index is 12.1. The van der Waals surface area contributed by atoms with Crippen LogP contribution in [-0.2, 0) is 11.4 Å². The highest BCUT2D eigenvalue weighted by Gasteiger charge is 2.05. The van der Waals surface area contributed by atoms with Crippen molar-refractivity contribution in [3.8, 4) is 11.3 Å². The van der Waals surface area contributed by atoms with Crippen LogP contribution in [0.15, 0.2) is 71.2 Å². The van der Waals surface area contributed by atoms with Crippen molar-refractivity contribution in [2.45, 2.75) is 26.4 Å². The molecule has 0 saturated heterocycles. The number of furan rings is 1. The van der Waals surface area contributed by atoms with E-state index in [1.54, 1.807) is 12.1 Å². The van der Waals surface area contributed by atoms with Crippen LogP contribution in [-0.4, -0.2) is 11.0 Å². The second kappa shape index (κ2) is 8.52. The normalized spacial score (nSPS) is 11.3. The van der Waals surface area contributed by atoms with Gasteiger partial charge in [-0.25, -0.2) is 0 Å². The first-order chi connectivity index (χ1) is 13.0. The van der Waals surface area contributed by atoms with Crippen LogP contribution in [0.3, 0.4) is 0 Å². The number of nitrogens with one attached hydrogen (secondary N) is 1. The first-order valence-corrected chi connectivity index (χ1v) is 8.94. The molecule has 3 aromatic rings. The Kier molecular flexibility index (Phi) is 5.89. The van der Waals surface area contributed by atoms with E-state index in [0.29, 0.717) is 23.1 Å². The van der Waals surface area contributed by atoms with E-state index in [0.717, 1.165) is 11.1 Å². The SMILES string of the molecule is CC(C)c1ccc(/C=C/C(=O)Nc2ccc(-c3ccc(CO)o3)cc2)cc1. The van der Waals surface area contributed by atoms with Gasteiger partial charge >= 0.3 is 0 Å². The van der Waals surface area contributed by atoms with E-state index >= 15 is 0 Å². The van der Waals surface area contributed by atoms with E-state index in [1.165, 1.54) is 11.6 Å². The molecule has 4 nitrogen and oxygen atoms in total. The summed E-state index contributed by atoms with van der Waals surface area (Å²) < 4.78 is 5.50. The van der Waals surface area contributed by atoms with Crippen LogP contribution in [0, 0.1) is 0 Å². The number of carbonyl (C=O) groups is 1. The predicted octanol–water partition coefficient (Wildman–Crippen LogP) is 5.21. The quantitative estimate of drug-likeness (QED) is 0.592. The molecule has 2 N–H and O–H groups in total. The van der Waals surface area contributed by atoms with E-state index < -0.39 is 0 Å². The summed E-state index contributed by atoms with van der Waals surface area (Å²) in [6, 6.07) is 19.1. The molecule has 1 amide bonds. The molecule has 3 rings (SSSR count). The molecular formula is C23H23NO3. The van der Waals surface area contributed by atoms with Gasteiger partial charge in [0, 0.05) is 17.3 Å². The van der Waals surface area contributed by atoms with Crippen LogP contribution in [0.4, 0.5) is 5.69 Å². The number of anilines is 1. The molecule has 0 radical (unpaired) electrons. The fourth-order valence-electron chi connectivity index (χ4n) is 2.68. The second-order valence-electron chi connectivity index (χ2n) is 6.65. The van der Waals surface area contributed by atoms with Crippen molar-refractivity contribution < 1.29 is 14.3 Å². The lowest BCUT2D eigenvalue weighted by molar-refractivity contribution is -0.111. The molecule has 1 aromatic heterocycles. The summed E-state index contributed by atoms with van der Waals surface area (Å²) in [4.78, 5) is 12.1. The molecule has 0 fully saturated rings. The average Bonchev–Trinajstić information content (AvgIpc) is 3.16. The zero-order valence-corrected chi connectivity index (χ0v) is 15.5. The standard InChI is InChI=1S/C23H23NO3/c1-16(2)18-6-3-17(4-7-18)5-14-23(26)24-20-10-8-19(9-11-20)22-13-12-21(15-25)27-22/h3-14,16,25H,15H2,1-2H3,(H,24,26)/b14-5+. The van der Waals surface area contributed by atoms with Crippen molar-refractivity contribution in [2.24, 2.45) is 0 Å². The molecule has 2 aromatic carbocycles. The molecule has 0 saturated carbocycles. The summed E-state index contributed by atoms with van der Waals surface area (Å²) in [7, 11) is 0. The van der Waals surface area contributed by atoms with E-state index in [1.807, 2.05) is 42.5 Å². The van der Waals surface area contributed by atoms with Crippen LogP contribution >= 0.6 is 0 Å². The van der Waals surface area contributed by atoms with E-state index in [-0.39, 0.29) is 12.5 Å². The maximum Gasteiger partial charge on any atom is 0.248 e. The molecule has 4 heteroatoms. The van der Waals surface area contributed by atoms with E-state index in [9.17, 15) is 4.79 Å². The summed E-state index contributed by atoms with van der Waals surface area (Å²) in [6.45, 7) is 4.18. The average molecular weight is 361 g/mol. The van der Waals surface area contributed by atoms with Gasteiger partial charge in [-0.2, -0.15) is 0 Å². The summed E-state index contributed by atoms with van der Waals surface area (Å²) in [5.74, 6) is 1.51. The van der Waals surface area contributed by atoms with Gasteiger partial charge in [-0.05, 0) is 59.5 Å². The van der Waals surface area contributed by atoms with Crippen molar-refractivity contribution in [2.75, 3.05) is 5.32 Å². The van der Waals surface area contributed by atoms with Crippen LogP contribution in [0.25, 0.3) is 17.4 Å². The van der Waals surface area contributed by atoms with Gasteiger partial charge < -0.3 is 14.8 Å². The molecule has 0 aliphatic carbocycles. The Morgan fingerprint density at radius 2 is 1.74 bits per heavy atom. The van der Waals surface area contributed by atoms with Gasteiger partial charge in [0.25, 0.3) is 0 Å². The number of amides is 1. The van der Waals surface area contributed by atoms with Gasteiger partial charge in [-0.1, -0.05) is 38.1 Å². The summed E-state index contributed by atoms with van der Waals surface area (Å²) in [5.41, 5.74) is 3.85. The Hall–Kier alpha value is -3.11. The topological polar surface area (TPSA) is 62.5 Å². The molecule has 0 aliphatic rings. The molecule has 0 spiro atoms. The van der Waals surface area contributed by atoms with E-state index in [2.05, 4.69) is 31.3 Å². The summed E-state index contributed by atoms with van der Waals surface area (Å²) in [5, 5.41) is 11.9. The van der Waals surface area contributed by atoms with Crippen molar-refractivity contribution in [1.82, 2.24) is 0 Å². The zero-order valence-electron chi connectivity index (χ0n) is 15.5. The van der Waals surface area contributed by atoms with Crippen LogP contribution in [0.1, 0.15) is 36.7 Å². The Balaban J connectivity index is 1.60. The minimum Gasteiger partial charge on any atom is -0.459 e. The molecule has 27 heavy (non-hydrogen) atoms. The highest BCUT2D eigenvalue weighted by atomic mass is 16.4. The number of benzene rings is 2. The van der Waals surface area contributed by atoms with Crippen molar-refractivity contribution in [3.63, 3.8) is 0 Å². The Labute approximate surface area is 159 Å². The molecular weight excluding hydrogens is 338 g/mol. The van der Waals surface area contributed by atoms with Crippen molar-refractivity contribution in [1.29, 1.82) is 0 Å². The number of aliphatic hydroxyl groups is 1. The number of hydrogen-bond acceptors (Lipinski definition) is 3. The minimum atomic E-state index is -0.184. The highest BCUT2D eigenvalue weighted by Crippen LogP contribution is 2.24. The molecule has 0 unspecified atom stereocenters. The summed E-state index contributed by atoms with van der Waals surface area (Å²) >= 11 is 0. The fourth-order valence-corrected chi connectivity index (χ4v) is 2.68. The fraction of sp³-hybridized carbons (Fsp3) is 0.174. The van der Waals surface area contributed by atoms with Gasteiger partial charge in [0.05, 0.1) is 0 Å². The van der Waals surface area contributed by atoms with Crippen LogP contribution in [0.5, 0.6) is 0 Å². The third kappa shape index (κ3) is 4.96. The van der Waals surface area contributed by atoms with Crippen molar-refractivity contribution >= 4 is 17.7 Å². The van der Waals surface area contributed by atoms with Gasteiger partial charge in [0.1, 0.15) is 18.1 Å². The lowest BCUT2D eigenvalue weighted by atomic mass is 10.0.